The molecule has 0 saturated heterocycles. The van der Waals surface area contributed by atoms with Gasteiger partial charge in [0.1, 0.15) is 0 Å². The highest BCUT2D eigenvalue weighted by Gasteiger charge is 2.17. The predicted octanol–water partition coefficient (Wildman–Crippen LogP) is 4.14. The van der Waals surface area contributed by atoms with Crippen molar-refractivity contribution in [3.8, 4) is 0 Å². The molecule has 0 aromatic heterocycles. The molecule has 1 unspecified atom stereocenters. The highest BCUT2D eigenvalue weighted by atomic mass is 31.1. The van der Waals surface area contributed by atoms with Gasteiger partial charge in [-0.15, -0.1) is 0 Å². The first kappa shape index (κ1) is 19.5. The quantitative estimate of drug-likeness (QED) is 0.275. The van der Waals surface area contributed by atoms with Gasteiger partial charge >= 0.3 is 13.8 Å². The smallest absolute Gasteiger partial charge is 0.341 e. The number of carbonyl (C=O) groups excluding carboxylic acids is 1. The maximum Gasteiger partial charge on any atom is 0.341 e. The van der Waals surface area contributed by atoms with Gasteiger partial charge in [-0.3, -0.25) is 4.79 Å². The largest absolute Gasteiger partial charge is 0.466 e. The van der Waals surface area contributed by atoms with Crippen molar-refractivity contribution < 1.29 is 18.8 Å². The molecule has 0 amide bonds. The molecule has 0 saturated carbocycles. The minimum Gasteiger partial charge on any atom is -0.466 e. The van der Waals surface area contributed by atoms with Crippen LogP contribution in [-0.4, -0.2) is 38.1 Å². The fourth-order valence-electron chi connectivity index (χ4n) is 1.66. The molecule has 118 valence electrons. The highest BCUT2D eigenvalue weighted by Crippen LogP contribution is 2.21. The molecule has 20 heavy (non-hydrogen) atoms. The van der Waals surface area contributed by atoms with Gasteiger partial charge in [-0.25, -0.2) is 0 Å². The number of ether oxygens (including phenoxy) is 2. The summed E-state index contributed by atoms with van der Waals surface area (Å²) >= 11 is 0. The van der Waals surface area contributed by atoms with Crippen molar-refractivity contribution in [1.82, 2.24) is 0 Å². The molecule has 0 spiro atoms. The normalized spacial score (nSPS) is 11.4. The minimum atomic E-state index is -1.34. The van der Waals surface area contributed by atoms with E-state index in [1.165, 1.54) is 12.8 Å². The minimum absolute atomic E-state index is 0.228. The molecule has 0 radical (unpaired) electrons. The molecule has 0 N–H and O–H groups in total. The van der Waals surface area contributed by atoms with Crippen molar-refractivity contribution in [2.45, 2.75) is 58.8 Å². The molecule has 0 heterocycles. The van der Waals surface area contributed by atoms with Crippen LogP contribution < -0.4 is 0 Å². The first-order valence-electron chi connectivity index (χ1n) is 7.86. The monoisotopic (exact) mass is 305 g/mol. The third-order valence-electron chi connectivity index (χ3n) is 2.95. The third-order valence-corrected chi connectivity index (χ3v) is 4.36. The van der Waals surface area contributed by atoms with Gasteiger partial charge in [-0.1, -0.05) is 44.1 Å². The lowest BCUT2D eigenvalue weighted by Gasteiger charge is -2.01. The maximum absolute atomic E-state index is 11.7. The molecule has 1 atom stereocenters. The van der Waals surface area contributed by atoms with Crippen LogP contribution in [0.15, 0.2) is 0 Å². The van der Waals surface area contributed by atoms with E-state index in [0.29, 0.717) is 25.5 Å². The van der Waals surface area contributed by atoms with E-state index in [0.717, 1.165) is 32.3 Å². The van der Waals surface area contributed by atoms with Gasteiger partial charge in [0.05, 0.1) is 19.6 Å². The molecule has 4 nitrogen and oxygen atoms in total. The predicted molar refractivity (Wildman–Crippen MR) is 82.8 cm³/mol. The zero-order chi connectivity index (χ0) is 15.1. The van der Waals surface area contributed by atoms with Crippen LogP contribution in [0.5, 0.6) is 0 Å². The summed E-state index contributed by atoms with van der Waals surface area (Å²) in [6.45, 7) is 6.03. The van der Waals surface area contributed by atoms with E-state index >= 15 is 0 Å². The molecular weight excluding hydrogens is 275 g/mol. The highest BCUT2D eigenvalue weighted by molar-refractivity contribution is 7.44. The molecule has 0 aliphatic heterocycles. The number of carbonyl (C=O) groups is 1. The number of unbranched alkanes of at least 4 members (excludes halogenated alkanes) is 4. The standard InChI is InChI=1S/C15H30O4P/c1-3-5-7-10-18-12-14-20(17)13-9-15(16)19-11-8-6-4-2/h3-14H2,1-2H3/q+1. The van der Waals surface area contributed by atoms with Gasteiger partial charge in [0.2, 0.25) is 0 Å². The van der Waals surface area contributed by atoms with Crippen LogP contribution in [0.2, 0.25) is 0 Å². The molecule has 0 aromatic rings. The number of hydrogen-bond acceptors (Lipinski definition) is 4. The van der Waals surface area contributed by atoms with Gasteiger partial charge in [0.15, 0.2) is 12.3 Å². The van der Waals surface area contributed by atoms with E-state index in [9.17, 15) is 9.36 Å². The van der Waals surface area contributed by atoms with Crippen molar-refractivity contribution in [2.75, 3.05) is 32.1 Å². The van der Waals surface area contributed by atoms with E-state index in [4.69, 9.17) is 9.47 Å². The zero-order valence-electron chi connectivity index (χ0n) is 13.1. The Morgan fingerprint density at radius 2 is 1.55 bits per heavy atom. The summed E-state index contributed by atoms with van der Waals surface area (Å²) in [6.07, 6.45) is 7.76. The van der Waals surface area contributed by atoms with Gasteiger partial charge in [-0.05, 0) is 12.8 Å². The molecular formula is C15H30O4P+. The molecule has 0 fully saturated rings. The van der Waals surface area contributed by atoms with Crippen LogP contribution in [-0.2, 0) is 18.8 Å². The summed E-state index contributed by atoms with van der Waals surface area (Å²) in [5, 5.41) is 0. The summed E-state index contributed by atoms with van der Waals surface area (Å²) in [7, 11) is -1.34. The average Bonchev–Trinajstić information content (AvgIpc) is 2.45. The summed E-state index contributed by atoms with van der Waals surface area (Å²) in [5.41, 5.74) is 0. The van der Waals surface area contributed by atoms with E-state index in [-0.39, 0.29) is 12.4 Å². The Hall–Kier alpha value is -0.470. The summed E-state index contributed by atoms with van der Waals surface area (Å²) in [5.74, 6) is -0.228. The van der Waals surface area contributed by atoms with Gasteiger partial charge in [0.25, 0.3) is 0 Å². The van der Waals surface area contributed by atoms with Crippen LogP contribution in [0.4, 0.5) is 0 Å². The molecule has 0 aliphatic carbocycles. The van der Waals surface area contributed by atoms with Crippen molar-refractivity contribution in [2.24, 2.45) is 0 Å². The van der Waals surface area contributed by atoms with Crippen LogP contribution in [0.3, 0.4) is 0 Å². The maximum atomic E-state index is 11.7. The lowest BCUT2D eigenvalue weighted by molar-refractivity contribution is -0.143. The van der Waals surface area contributed by atoms with Crippen LogP contribution in [0, 0.1) is 0 Å². The lowest BCUT2D eigenvalue weighted by atomic mass is 10.3. The first-order chi connectivity index (χ1) is 9.70. The fraction of sp³-hybridized carbons (Fsp3) is 0.933. The topological polar surface area (TPSA) is 52.6 Å². The Kier molecular flexibility index (Phi) is 14.6. The Balaban J connectivity index is 3.36. The Bertz CT molecular complexity index is 256. The molecule has 0 aromatic carbocycles. The molecule has 0 rings (SSSR count). The zero-order valence-corrected chi connectivity index (χ0v) is 14.0. The van der Waals surface area contributed by atoms with Crippen LogP contribution >= 0.6 is 7.80 Å². The summed E-state index contributed by atoms with van der Waals surface area (Å²) in [4.78, 5) is 11.4. The van der Waals surface area contributed by atoms with E-state index in [1.54, 1.807) is 0 Å². The Morgan fingerprint density at radius 3 is 2.20 bits per heavy atom. The van der Waals surface area contributed by atoms with Gasteiger partial charge < -0.3 is 9.47 Å². The summed E-state index contributed by atoms with van der Waals surface area (Å²) in [6, 6.07) is 0. The number of rotatable bonds is 14. The average molecular weight is 305 g/mol. The van der Waals surface area contributed by atoms with Crippen LogP contribution in [0.25, 0.3) is 0 Å². The Labute approximate surface area is 124 Å². The molecule has 0 bridgehead atoms. The molecule has 5 heteroatoms. The second-order valence-electron chi connectivity index (χ2n) is 4.93. The Morgan fingerprint density at radius 1 is 0.900 bits per heavy atom. The van der Waals surface area contributed by atoms with Crippen LogP contribution in [0.1, 0.15) is 58.8 Å². The SMILES string of the molecule is CCCCCOCC[P+](=O)CCC(=O)OCCCCC. The number of hydrogen-bond donors (Lipinski definition) is 0. The summed E-state index contributed by atoms with van der Waals surface area (Å²) < 4.78 is 22.1. The third kappa shape index (κ3) is 14.0. The first-order valence-corrected chi connectivity index (χ1v) is 9.49. The van der Waals surface area contributed by atoms with E-state index in [1.807, 2.05) is 0 Å². The number of esters is 1. The van der Waals surface area contributed by atoms with Crippen molar-refractivity contribution >= 4 is 13.8 Å². The van der Waals surface area contributed by atoms with Gasteiger partial charge in [-0.2, -0.15) is 0 Å². The second kappa shape index (κ2) is 14.9. The van der Waals surface area contributed by atoms with Crippen molar-refractivity contribution in [1.29, 1.82) is 0 Å². The van der Waals surface area contributed by atoms with E-state index < -0.39 is 7.80 Å². The fourth-order valence-corrected chi connectivity index (χ4v) is 2.65. The molecule has 0 aliphatic rings. The van der Waals surface area contributed by atoms with E-state index in [2.05, 4.69) is 13.8 Å². The van der Waals surface area contributed by atoms with Crippen molar-refractivity contribution in [3.63, 3.8) is 0 Å². The lowest BCUT2D eigenvalue weighted by Crippen LogP contribution is -2.07. The second-order valence-corrected chi connectivity index (χ2v) is 6.78. The van der Waals surface area contributed by atoms with Gasteiger partial charge in [0, 0.05) is 6.61 Å². The van der Waals surface area contributed by atoms with Crippen molar-refractivity contribution in [3.05, 3.63) is 0 Å².